The van der Waals surface area contributed by atoms with E-state index < -0.39 is 5.41 Å². The van der Waals surface area contributed by atoms with E-state index in [2.05, 4.69) is 26.8 Å². The molecule has 0 saturated heterocycles. The zero-order valence-electron chi connectivity index (χ0n) is 10.6. The molecule has 16 heavy (non-hydrogen) atoms. The second-order valence-electron chi connectivity index (χ2n) is 5.00. The van der Waals surface area contributed by atoms with E-state index in [1.807, 2.05) is 4.90 Å². The maximum atomic E-state index is 12.3. The van der Waals surface area contributed by atoms with Crippen LogP contribution >= 0.6 is 0 Å². The van der Waals surface area contributed by atoms with Gasteiger partial charge < -0.3 is 4.90 Å². The summed E-state index contributed by atoms with van der Waals surface area (Å²) in [6.07, 6.45) is 3.41. The maximum absolute atomic E-state index is 12.3. The standard InChI is InChI=1S/C13H22N2O/c1-4-6-15(7-5-2)12(16)13(10-14)8-11(3)9-13/h11H,4-9H2,1-3H3. The molecule has 1 rings (SSSR count). The summed E-state index contributed by atoms with van der Waals surface area (Å²) in [6.45, 7) is 7.80. The molecule has 0 radical (unpaired) electrons. The number of nitrogens with zero attached hydrogens (tertiary/aromatic N) is 2. The lowest BCUT2D eigenvalue weighted by atomic mass is 9.62. The van der Waals surface area contributed by atoms with E-state index in [1.165, 1.54) is 0 Å². The van der Waals surface area contributed by atoms with E-state index in [9.17, 15) is 10.1 Å². The Morgan fingerprint density at radius 1 is 1.38 bits per heavy atom. The van der Waals surface area contributed by atoms with Crippen LogP contribution in [-0.4, -0.2) is 23.9 Å². The number of nitriles is 1. The molecule has 90 valence electrons. The number of hydrogen-bond acceptors (Lipinski definition) is 2. The molecule has 3 nitrogen and oxygen atoms in total. The van der Waals surface area contributed by atoms with Crippen LogP contribution in [0.5, 0.6) is 0 Å². The molecule has 1 aliphatic rings. The van der Waals surface area contributed by atoms with Crippen LogP contribution < -0.4 is 0 Å². The molecule has 1 amide bonds. The summed E-state index contributed by atoms with van der Waals surface area (Å²) in [5.41, 5.74) is -0.691. The first kappa shape index (κ1) is 13.0. The second kappa shape index (κ2) is 5.34. The van der Waals surface area contributed by atoms with Crippen LogP contribution in [0, 0.1) is 22.7 Å². The summed E-state index contributed by atoms with van der Waals surface area (Å²) in [4.78, 5) is 14.2. The van der Waals surface area contributed by atoms with Crippen molar-refractivity contribution in [3.05, 3.63) is 0 Å². The van der Waals surface area contributed by atoms with E-state index >= 15 is 0 Å². The first-order chi connectivity index (χ1) is 7.59. The Bertz CT molecular complexity index is 281. The topological polar surface area (TPSA) is 44.1 Å². The van der Waals surface area contributed by atoms with Gasteiger partial charge in [0.25, 0.3) is 0 Å². The summed E-state index contributed by atoms with van der Waals surface area (Å²) in [5.74, 6) is 0.588. The molecule has 0 spiro atoms. The molecule has 0 aromatic carbocycles. The van der Waals surface area contributed by atoms with Crippen molar-refractivity contribution < 1.29 is 4.79 Å². The summed E-state index contributed by atoms with van der Waals surface area (Å²) in [6, 6.07) is 2.25. The number of amides is 1. The Labute approximate surface area is 98.4 Å². The zero-order valence-corrected chi connectivity index (χ0v) is 10.6. The van der Waals surface area contributed by atoms with Crippen molar-refractivity contribution in [1.82, 2.24) is 4.90 Å². The summed E-state index contributed by atoms with van der Waals surface area (Å²) >= 11 is 0. The largest absolute Gasteiger partial charge is 0.341 e. The molecule has 1 aliphatic carbocycles. The molecular formula is C13H22N2O. The fourth-order valence-corrected chi connectivity index (χ4v) is 2.60. The van der Waals surface area contributed by atoms with Gasteiger partial charge >= 0.3 is 0 Å². The third-order valence-corrected chi connectivity index (χ3v) is 3.29. The molecule has 0 bridgehead atoms. The van der Waals surface area contributed by atoms with E-state index in [0.29, 0.717) is 5.92 Å². The van der Waals surface area contributed by atoms with Crippen LogP contribution in [0.3, 0.4) is 0 Å². The van der Waals surface area contributed by atoms with Crippen molar-refractivity contribution in [1.29, 1.82) is 5.26 Å². The molecule has 1 saturated carbocycles. The zero-order chi connectivity index (χ0) is 12.2. The fraction of sp³-hybridized carbons (Fsp3) is 0.846. The van der Waals surface area contributed by atoms with Crippen LogP contribution in [0.4, 0.5) is 0 Å². The van der Waals surface area contributed by atoms with Gasteiger partial charge in [-0.25, -0.2) is 0 Å². The first-order valence-electron chi connectivity index (χ1n) is 6.30. The molecule has 0 aliphatic heterocycles. The minimum Gasteiger partial charge on any atom is -0.341 e. The van der Waals surface area contributed by atoms with Gasteiger partial charge in [0, 0.05) is 13.1 Å². The molecule has 0 atom stereocenters. The van der Waals surface area contributed by atoms with Gasteiger partial charge in [-0.05, 0) is 31.6 Å². The highest BCUT2D eigenvalue weighted by Gasteiger charge is 2.50. The van der Waals surface area contributed by atoms with Crippen molar-refractivity contribution >= 4 is 5.91 Å². The monoisotopic (exact) mass is 222 g/mol. The normalized spacial score (nSPS) is 28.0. The van der Waals surface area contributed by atoms with Gasteiger partial charge in [-0.1, -0.05) is 20.8 Å². The molecule has 3 heteroatoms. The van der Waals surface area contributed by atoms with E-state index in [-0.39, 0.29) is 5.91 Å². The van der Waals surface area contributed by atoms with Crippen LogP contribution in [0.15, 0.2) is 0 Å². The molecule has 0 heterocycles. The van der Waals surface area contributed by atoms with Crippen LogP contribution in [0.1, 0.15) is 46.5 Å². The Hall–Kier alpha value is -1.04. The summed E-state index contributed by atoms with van der Waals surface area (Å²) < 4.78 is 0. The van der Waals surface area contributed by atoms with Gasteiger partial charge in [0.05, 0.1) is 6.07 Å². The van der Waals surface area contributed by atoms with Gasteiger partial charge in [-0.15, -0.1) is 0 Å². The lowest BCUT2D eigenvalue weighted by Crippen LogP contribution is -2.50. The predicted molar refractivity (Wildman–Crippen MR) is 63.6 cm³/mol. The second-order valence-corrected chi connectivity index (χ2v) is 5.00. The molecule has 1 fully saturated rings. The van der Waals surface area contributed by atoms with Gasteiger partial charge in [0.1, 0.15) is 5.41 Å². The molecule has 0 unspecified atom stereocenters. The summed E-state index contributed by atoms with van der Waals surface area (Å²) in [7, 11) is 0. The number of rotatable bonds is 5. The van der Waals surface area contributed by atoms with E-state index in [0.717, 1.165) is 38.8 Å². The van der Waals surface area contributed by atoms with E-state index in [4.69, 9.17) is 0 Å². The minimum atomic E-state index is -0.691. The van der Waals surface area contributed by atoms with Crippen molar-refractivity contribution in [2.24, 2.45) is 11.3 Å². The third-order valence-electron chi connectivity index (χ3n) is 3.29. The third kappa shape index (κ3) is 2.37. The average Bonchev–Trinajstić information content (AvgIpc) is 2.23. The highest BCUT2D eigenvalue weighted by atomic mass is 16.2. The molecule has 0 aromatic rings. The molecule has 0 aromatic heterocycles. The Kier molecular flexibility index (Phi) is 4.35. The average molecular weight is 222 g/mol. The van der Waals surface area contributed by atoms with Gasteiger partial charge in [0.2, 0.25) is 5.91 Å². The van der Waals surface area contributed by atoms with Crippen LogP contribution in [0.25, 0.3) is 0 Å². The minimum absolute atomic E-state index is 0.0665. The molecular weight excluding hydrogens is 200 g/mol. The highest BCUT2D eigenvalue weighted by Crippen LogP contribution is 2.46. The smallest absolute Gasteiger partial charge is 0.243 e. The SMILES string of the molecule is CCCN(CCC)C(=O)C1(C#N)CC(C)C1. The summed E-state index contributed by atoms with van der Waals surface area (Å²) in [5, 5.41) is 9.21. The maximum Gasteiger partial charge on any atom is 0.243 e. The Morgan fingerprint density at radius 3 is 2.19 bits per heavy atom. The Balaban J connectivity index is 2.70. The van der Waals surface area contributed by atoms with Crippen molar-refractivity contribution in [2.45, 2.75) is 46.5 Å². The van der Waals surface area contributed by atoms with Crippen molar-refractivity contribution in [3.8, 4) is 6.07 Å². The highest BCUT2D eigenvalue weighted by molar-refractivity contribution is 5.86. The van der Waals surface area contributed by atoms with E-state index in [1.54, 1.807) is 0 Å². The van der Waals surface area contributed by atoms with Crippen molar-refractivity contribution in [2.75, 3.05) is 13.1 Å². The predicted octanol–water partition coefficient (Wildman–Crippen LogP) is 2.57. The van der Waals surface area contributed by atoms with Gasteiger partial charge in [-0.3, -0.25) is 4.79 Å². The molecule has 0 N–H and O–H groups in total. The lowest BCUT2D eigenvalue weighted by Gasteiger charge is -2.42. The number of carbonyl (C=O) groups is 1. The first-order valence-corrected chi connectivity index (χ1v) is 6.30. The Morgan fingerprint density at radius 2 is 1.88 bits per heavy atom. The fourth-order valence-electron chi connectivity index (χ4n) is 2.60. The lowest BCUT2D eigenvalue weighted by molar-refractivity contribution is -0.145. The van der Waals surface area contributed by atoms with Gasteiger partial charge in [-0.2, -0.15) is 5.26 Å². The van der Waals surface area contributed by atoms with Crippen LogP contribution in [0.2, 0.25) is 0 Å². The van der Waals surface area contributed by atoms with Crippen LogP contribution in [-0.2, 0) is 4.79 Å². The quantitative estimate of drug-likeness (QED) is 0.717. The van der Waals surface area contributed by atoms with Gasteiger partial charge in [0.15, 0.2) is 0 Å². The van der Waals surface area contributed by atoms with Crippen molar-refractivity contribution in [3.63, 3.8) is 0 Å². The number of hydrogen-bond donors (Lipinski definition) is 0. The number of carbonyl (C=O) groups excluding carboxylic acids is 1.